The van der Waals surface area contributed by atoms with Crippen LogP contribution >= 0.6 is 0 Å². The highest BCUT2D eigenvalue weighted by Crippen LogP contribution is 2.23. The minimum absolute atomic E-state index is 0.0259. The van der Waals surface area contributed by atoms with Crippen molar-refractivity contribution in [2.75, 3.05) is 24.2 Å². The molecule has 0 radical (unpaired) electrons. The van der Waals surface area contributed by atoms with E-state index < -0.39 is 40.2 Å². The fourth-order valence-corrected chi connectivity index (χ4v) is 5.49. The summed E-state index contributed by atoms with van der Waals surface area (Å²) in [7, 11) is -2.52. The summed E-state index contributed by atoms with van der Waals surface area (Å²) in [5.41, 5.74) is 0.519. The molecule has 0 saturated heterocycles. The van der Waals surface area contributed by atoms with Crippen molar-refractivity contribution in [3.63, 3.8) is 0 Å². The number of nitrogens with one attached hydrogen (secondary N) is 1. The normalized spacial score (nSPS) is 15.0. The van der Waals surface area contributed by atoms with Crippen molar-refractivity contribution < 1.29 is 31.5 Å². The lowest BCUT2D eigenvalue weighted by Crippen LogP contribution is -2.53. The summed E-state index contributed by atoms with van der Waals surface area (Å²) in [5, 5.41) is 3.06. The highest BCUT2D eigenvalue weighted by atomic mass is 32.2. The van der Waals surface area contributed by atoms with Crippen LogP contribution < -0.4 is 14.4 Å². The molecule has 3 rings (SSSR count). The maximum absolute atomic E-state index is 13.9. The lowest BCUT2D eigenvalue weighted by atomic mass is 9.95. The van der Waals surface area contributed by atoms with Crippen LogP contribution in [-0.4, -0.2) is 57.1 Å². The number of anilines is 1. The van der Waals surface area contributed by atoms with Crippen LogP contribution in [0.15, 0.2) is 42.5 Å². The smallest absolute Gasteiger partial charge is 0.244 e. The SMILES string of the molecule is CC[C@@H](C(=O)NC1CCCCC1)N(Cc1ccc(OC)cc1)C(=O)CN(c1ccc(F)c(F)c1)S(C)(=O)=O. The van der Waals surface area contributed by atoms with Gasteiger partial charge in [0.2, 0.25) is 21.8 Å². The topological polar surface area (TPSA) is 96.0 Å². The number of benzene rings is 2. The molecule has 1 aliphatic rings. The van der Waals surface area contributed by atoms with E-state index in [0.29, 0.717) is 22.0 Å². The van der Waals surface area contributed by atoms with Crippen LogP contribution in [0.25, 0.3) is 0 Å². The average Bonchev–Trinajstić information content (AvgIpc) is 2.89. The molecule has 11 heteroatoms. The molecule has 0 aliphatic heterocycles. The molecular formula is C27H35F2N3O5S. The maximum atomic E-state index is 13.9. The van der Waals surface area contributed by atoms with E-state index in [0.717, 1.165) is 56.6 Å². The van der Waals surface area contributed by atoms with Gasteiger partial charge < -0.3 is 15.0 Å². The van der Waals surface area contributed by atoms with E-state index in [-0.39, 0.29) is 24.2 Å². The van der Waals surface area contributed by atoms with Gasteiger partial charge in [-0.2, -0.15) is 0 Å². The predicted octanol–water partition coefficient (Wildman–Crippen LogP) is 4.00. The zero-order valence-corrected chi connectivity index (χ0v) is 22.8. The van der Waals surface area contributed by atoms with Crippen molar-refractivity contribution in [2.45, 2.75) is 64.1 Å². The van der Waals surface area contributed by atoms with Crippen LogP contribution in [0.5, 0.6) is 5.75 Å². The molecule has 1 saturated carbocycles. The van der Waals surface area contributed by atoms with Crippen LogP contribution in [0.1, 0.15) is 51.0 Å². The highest BCUT2D eigenvalue weighted by Gasteiger charge is 2.33. The van der Waals surface area contributed by atoms with E-state index in [9.17, 15) is 26.8 Å². The van der Waals surface area contributed by atoms with Gasteiger partial charge in [0.15, 0.2) is 11.6 Å². The molecule has 0 spiro atoms. The van der Waals surface area contributed by atoms with Gasteiger partial charge in [-0.3, -0.25) is 13.9 Å². The Morgan fingerprint density at radius 1 is 1.05 bits per heavy atom. The fraction of sp³-hybridized carbons (Fsp3) is 0.481. The number of carbonyl (C=O) groups is 2. The molecule has 1 fully saturated rings. The van der Waals surface area contributed by atoms with Crippen LogP contribution in [-0.2, 0) is 26.2 Å². The summed E-state index contributed by atoms with van der Waals surface area (Å²) in [6.07, 6.45) is 6.07. The van der Waals surface area contributed by atoms with Gasteiger partial charge in [0, 0.05) is 18.7 Å². The van der Waals surface area contributed by atoms with Gasteiger partial charge in [-0.05, 0) is 49.1 Å². The van der Waals surface area contributed by atoms with Crippen LogP contribution in [0.3, 0.4) is 0 Å². The molecule has 1 aliphatic carbocycles. The van der Waals surface area contributed by atoms with E-state index in [1.165, 1.54) is 12.0 Å². The summed E-state index contributed by atoms with van der Waals surface area (Å²) in [5.74, 6) is -2.71. The second kappa shape index (κ2) is 13.0. The first kappa shape index (κ1) is 29.3. The maximum Gasteiger partial charge on any atom is 0.244 e. The number of amides is 2. The summed E-state index contributed by atoms with van der Waals surface area (Å²) in [4.78, 5) is 28.4. The molecule has 0 bridgehead atoms. The van der Waals surface area contributed by atoms with Gasteiger partial charge in [0.05, 0.1) is 19.1 Å². The Morgan fingerprint density at radius 3 is 2.26 bits per heavy atom. The van der Waals surface area contributed by atoms with Crippen molar-refractivity contribution in [3.05, 3.63) is 59.7 Å². The molecule has 1 N–H and O–H groups in total. The van der Waals surface area contributed by atoms with Crippen molar-refractivity contribution in [3.8, 4) is 5.75 Å². The van der Waals surface area contributed by atoms with Gasteiger partial charge in [-0.25, -0.2) is 17.2 Å². The largest absolute Gasteiger partial charge is 0.497 e. The standard InChI is InChI=1S/C27H35F2N3O5S/c1-4-25(27(34)30-20-8-6-5-7-9-20)31(17-19-10-13-22(37-2)14-11-19)26(33)18-32(38(3,35)36)21-12-15-23(28)24(29)16-21/h10-16,20,25H,4-9,17-18H2,1-3H3,(H,30,34)/t25-/m0/s1. The Bertz CT molecular complexity index is 1220. The molecule has 38 heavy (non-hydrogen) atoms. The highest BCUT2D eigenvalue weighted by molar-refractivity contribution is 7.92. The molecule has 0 unspecified atom stereocenters. The third-order valence-electron chi connectivity index (χ3n) is 6.72. The summed E-state index contributed by atoms with van der Waals surface area (Å²) in [6, 6.07) is 8.75. The monoisotopic (exact) mass is 551 g/mol. The van der Waals surface area contributed by atoms with E-state index in [1.807, 2.05) is 0 Å². The minimum Gasteiger partial charge on any atom is -0.497 e. The minimum atomic E-state index is -4.05. The van der Waals surface area contributed by atoms with Gasteiger partial charge in [-0.1, -0.05) is 38.3 Å². The van der Waals surface area contributed by atoms with Crippen LogP contribution in [0.2, 0.25) is 0 Å². The van der Waals surface area contributed by atoms with E-state index >= 15 is 0 Å². The zero-order valence-electron chi connectivity index (χ0n) is 22.0. The third kappa shape index (κ3) is 7.66. The number of carbonyl (C=O) groups excluding carboxylic acids is 2. The van der Waals surface area contributed by atoms with E-state index in [2.05, 4.69) is 5.32 Å². The Labute approximate surface area is 223 Å². The Hall–Kier alpha value is -3.21. The van der Waals surface area contributed by atoms with Gasteiger partial charge in [0.25, 0.3) is 0 Å². The Morgan fingerprint density at radius 2 is 1.71 bits per heavy atom. The number of rotatable bonds is 11. The number of hydrogen-bond acceptors (Lipinski definition) is 5. The summed E-state index contributed by atoms with van der Waals surface area (Å²) in [6.45, 7) is 1.13. The number of halogens is 2. The quantitative estimate of drug-likeness (QED) is 0.456. The van der Waals surface area contributed by atoms with Crippen molar-refractivity contribution >= 4 is 27.5 Å². The number of sulfonamides is 1. The first-order valence-electron chi connectivity index (χ1n) is 12.7. The lowest BCUT2D eigenvalue weighted by molar-refractivity contribution is -0.140. The molecule has 2 amide bonds. The molecule has 2 aromatic rings. The van der Waals surface area contributed by atoms with Crippen LogP contribution in [0, 0.1) is 11.6 Å². The number of hydrogen-bond donors (Lipinski definition) is 1. The number of nitrogens with zero attached hydrogens (tertiary/aromatic N) is 2. The van der Waals surface area contributed by atoms with Crippen molar-refractivity contribution in [1.29, 1.82) is 0 Å². The van der Waals surface area contributed by atoms with Crippen LogP contribution in [0.4, 0.5) is 14.5 Å². The molecule has 0 heterocycles. The molecular weight excluding hydrogens is 516 g/mol. The van der Waals surface area contributed by atoms with Crippen molar-refractivity contribution in [1.82, 2.24) is 10.2 Å². The third-order valence-corrected chi connectivity index (χ3v) is 7.86. The summed E-state index contributed by atoms with van der Waals surface area (Å²) >= 11 is 0. The van der Waals surface area contributed by atoms with Crippen molar-refractivity contribution in [2.24, 2.45) is 0 Å². The van der Waals surface area contributed by atoms with E-state index in [1.54, 1.807) is 31.2 Å². The van der Waals surface area contributed by atoms with Gasteiger partial charge >= 0.3 is 0 Å². The summed E-state index contributed by atoms with van der Waals surface area (Å²) < 4.78 is 58.5. The van der Waals surface area contributed by atoms with Gasteiger partial charge in [-0.15, -0.1) is 0 Å². The second-order valence-electron chi connectivity index (χ2n) is 9.51. The molecule has 2 aromatic carbocycles. The number of ether oxygens (including phenoxy) is 1. The molecule has 8 nitrogen and oxygen atoms in total. The predicted molar refractivity (Wildman–Crippen MR) is 141 cm³/mol. The molecule has 208 valence electrons. The fourth-order valence-electron chi connectivity index (χ4n) is 4.65. The zero-order chi connectivity index (χ0) is 27.9. The second-order valence-corrected chi connectivity index (χ2v) is 11.4. The average molecular weight is 552 g/mol. The van der Waals surface area contributed by atoms with E-state index in [4.69, 9.17) is 4.74 Å². The molecule has 0 aromatic heterocycles. The Balaban J connectivity index is 1.92. The first-order valence-corrected chi connectivity index (χ1v) is 14.5. The Kier molecular flexibility index (Phi) is 10.1. The van der Waals surface area contributed by atoms with Gasteiger partial charge in [0.1, 0.15) is 18.3 Å². The molecule has 1 atom stereocenters. The first-order chi connectivity index (χ1) is 18.0. The lowest BCUT2D eigenvalue weighted by Gasteiger charge is -2.34. The number of methoxy groups -OCH3 is 1.